The minimum atomic E-state index is 0.132. The first-order valence-corrected chi connectivity index (χ1v) is 13.0. The number of hydrogen-bond acceptors (Lipinski definition) is 4. The summed E-state index contributed by atoms with van der Waals surface area (Å²) in [6.07, 6.45) is 7.54. The van der Waals surface area contributed by atoms with Gasteiger partial charge in [-0.1, -0.05) is 42.0 Å². The van der Waals surface area contributed by atoms with Crippen LogP contribution in [0.1, 0.15) is 48.0 Å². The van der Waals surface area contributed by atoms with Gasteiger partial charge in [-0.2, -0.15) is 0 Å². The molecule has 1 amide bonds. The van der Waals surface area contributed by atoms with Crippen LogP contribution in [0.3, 0.4) is 0 Å². The van der Waals surface area contributed by atoms with Gasteiger partial charge in [-0.05, 0) is 81.8 Å². The molecule has 5 heteroatoms. The van der Waals surface area contributed by atoms with Gasteiger partial charge in [0.2, 0.25) is 0 Å². The lowest BCUT2D eigenvalue weighted by Gasteiger charge is -2.26. The molecule has 0 unspecified atom stereocenters. The summed E-state index contributed by atoms with van der Waals surface area (Å²) in [7, 11) is 0. The molecule has 1 aromatic heterocycles. The number of carbonyl (C=O) groups excluding carboxylic acids is 1. The molecule has 5 rings (SSSR count). The number of nitrogens with zero attached hydrogens (tertiary/aromatic N) is 2. The maximum atomic E-state index is 12.9. The minimum absolute atomic E-state index is 0.132. The van der Waals surface area contributed by atoms with Crippen molar-refractivity contribution < 1.29 is 9.53 Å². The highest BCUT2D eigenvalue weighted by Crippen LogP contribution is 2.34. The highest BCUT2D eigenvalue weighted by molar-refractivity contribution is 5.95. The van der Waals surface area contributed by atoms with Gasteiger partial charge >= 0.3 is 0 Å². The Labute approximate surface area is 208 Å². The average molecular weight is 470 g/mol. The molecule has 35 heavy (non-hydrogen) atoms. The SMILES string of the molecule is Cc1ccc(-c2ncc(OCC3CCNCC3)cc2-c2ccc(C(=O)N3CCCCC3)cc2)cc1. The number of rotatable bonds is 6. The van der Waals surface area contributed by atoms with E-state index in [9.17, 15) is 4.79 Å². The van der Waals surface area contributed by atoms with Crippen molar-refractivity contribution in [3.63, 3.8) is 0 Å². The number of aromatic nitrogens is 1. The number of benzene rings is 2. The molecule has 0 bridgehead atoms. The summed E-state index contributed by atoms with van der Waals surface area (Å²) in [6.45, 7) is 6.65. The van der Waals surface area contributed by atoms with Crippen molar-refractivity contribution >= 4 is 5.91 Å². The normalized spacial score (nSPS) is 16.8. The highest BCUT2D eigenvalue weighted by Gasteiger charge is 2.19. The van der Waals surface area contributed by atoms with Gasteiger partial charge in [-0.3, -0.25) is 9.78 Å². The zero-order chi connectivity index (χ0) is 24.0. The molecule has 2 aliphatic heterocycles. The third-order valence-corrected chi connectivity index (χ3v) is 7.22. The third kappa shape index (κ3) is 5.73. The van der Waals surface area contributed by atoms with Crippen LogP contribution in [0.5, 0.6) is 5.75 Å². The summed E-state index contributed by atoms with van der Waals surface area (Å²) in [4.78, 5) is 19.8. The number of hydrogen-bond donors (Lipinski definition) is 1. The van der Waals surface area contributed by atoms with Gasteiger partial charge in [0.15, 0.2) is 0 Å². The lowest BCUT2D eigenvalue weighted by Crippen LogP contribution is -2.35. The molecule has 2 aliphatic rings. The van der Waals surface area contributed by atoms with Gasteiger partial charge < -0.3 is 15.0 Å². The maximum Gasteiger partial charge on any atom is 0.253 e. The first kappa shape index (κ1) is 23.6. The van der Waals surface area contributed by atoms with Crippen LogP contribution in [0.4, 0.5) is 0 Å². The van der Waals surface area contributed by atoms with Crippen LogP contribution in [-0.2, 0) is 0 Å². The van der Waals surface area contributed by atoms with Gasteiger partial charge in [0, 0.05) is 29.8 Å². The van der Waals surface area contributed by atoms with Gasteiger partial charge in [0.25, 0.3) is 5.91 Å². The number of piperidine rings is 2. The molecule has 0 spiro atoms. The standard InChI is InChI=1S/C30H35N3O2/c1-22-5-7-25(8-6-22)29-28(19-27(20-32-29)35-21-23-13-15-31-16-14-23)24-9-11-26(12-10-24)30(34)33-17-3-2-4-18-33/h5-12,19-20,23,31H,2-4,13-18,21H2,1H3. The summed E-state index contributed by atoms with van der Waals surface area (Å²) in [5, 5.41) is 3.41. The Bertz CT molecular complexity index is 1130. The van der Waals surface area contributed by atoms with Crippen molar-refractivity contribution in [1.82, 2.24) is 15.2 Å². The smallest absolute Gasteiger partial charge is 0.253 e. The monoisotopic (exact) mass is 469 g/mol. The Morgan fingerprint density at radius 1 is 0.971 bits per heavy atom. The molecule has 2 fully saturated rings. The molecule has 5 nitrogen and oxygen atoms in total. The fraction of sp³-hybridized carbons (Fsp3) is 0.400. The Kier molecular flexibility index (Phi) is 7.43. The van der Waals surface area contributed by atoms with E-state index in [1.165, 1.54) is 12.0 Å². The van der Waals surface area contributed by atoms with Crippen molar-refractivity contribution in [3.8, 4) is 28.1 Å². The van der Waals surface area contributed by atoms with E-state index in [0.29, 0.717) is 5.92 Å². The first-order chi connectivity index (χ1) is 17.2. The van der Waals surface area contributed by atoms with E-state index in [4.69, 9.17) is 9.72 Å². The second-order valence-electron chi connectivity index (χ2n) is 9.87. The van der Waals surface area contributed by atoms with Crippen molar-refractivity contribution in [3.05, 3.63) is 71.9 Å². The van der Waals surface area contributed by atoms with Crippen molar-refractivity contribution in [2.45, 2.75) is 39.0 Å². The number of nitrogens with one attached hydrogen (secondary N) is 1. The van der Waals surface area contributed by atoms with Gasteiger partial charge in [-0.15, -0.1) is 0 Å². The molecular formula is C30H35N3O2. The van der Waals surface area contributed by atoms with Crippen LogP contribution in [0.2, 0.25) is 0 Å². The number of ether oxygens (including phenoxy) is 1. The molecular weight excluding hydrogens is 434 g/mol. The molecule has 3 heterocycles. The van der Waals surface area contributed by atoms with E-state index in [-0.39, 0.29) is 5.91 Å². The molecule has 0 radical (unpaired) electrons. The van der Waals surface area contributed by atoms with Crippen LogP contribution in [0, 0.1) is 12.8 Å². The predicted octanol–water partition coefficient (Wildman–Crippen LogP) is 5.73. The quantitative estimate of drug-likeness (QED) is 0.501. The molecule has 1 N–H and O–H groups in total. The predicted molar refractivity (Wildman–Crippen MR) is 141 cm³/mol. The van der Waals surface area contributed by atoms with Gasteiger partial charge in [0.1, 0.15) is 5.75 Å². The molecule has 2 aromatic carbocycles. The fourth-order valence-corrected chi connectivity index (χ4v) is 5.02. The molecule has 3 aromatic rings. The van der Waals surface area contributed by atoms with Gasteiger partial charge in [0.05, 0.1) is 18.5 Å². The second kappa shape index (κ2) is 11.0. The van der Waals surface area contributed by atoms with Crippen molar-refractivity contribution in [1.29, 1.82) is 0 Å². The molecule has 0 saturated carbocycles. The third-order valence-electron chi connectivity index (χ3n) is 7.22. The summed E-state index contributed by atoms with van der Waals surface area (Å²) in [5.74, 6) is 1.51. The van der Waals surface area contributed by atoms with E-state index < -0.39 is 0 Å². The topological polar surface area (TPSA) is 54.5 Å². The number of amides is 1. The number of likely N-dealkylation sites (tertiary alicyclic amines) is 1. The lowest BCUT2D eigenvalue weighted by molar-refractivity contribution is 0.0724. The minimum Gasteiger partial charge on any atom is -0.492 e. The highest BCUT2D eigenvalue weighted by atomic mass is 16.5. The van der Waals surface area contributed by atoms with Gasteiger partial charge in [-0.25, -0.2) is 0 Å². The van der Waals surface area contributed by atoms with E-state index >= 15 is 0 Å². The molecule has 2 saturated heterocycles. The molecule has 0 atom stereocenters. The second-order valence-corrected chi connectivity index (χ2v) is 9.87. The Morgan fingerprint density at radius 2 is 1.66 bits per heavy atom. The lowest BCUT2D eigenvalue weighted by atomic mass is 9.97. The Hall–Kier alpha value is -3.18. The zero-order valence-electron chi connectivity index (χ0n) is 20.6. The maximum absolute atomic E-state index is 12.9. The van der Waals surface area contributed by atoms with Crippen LogP contribution in [0.15, 0.2) is 60.8 Å². The zero-order valence-corrected chi connectivity index (χ0v) is 20.6. The van der Waals surface area contributed by atoms with E-state index in [1.807, 2.05) is 35.4 Å². The van der Waals surface area contributed by atoms with Crippen LogP contribution in [0.25, 0.3) is 22.4 Å². The molecule has 182 valence electrons. The van der Waals surface area contributed by atoms with Crippen LogP contribution < -0.4 is 10.1 Å². The molecule has 0 aliphatic carbocycles. The van der Waals surface area contributed by atoms with Crippen molar-refractivity contribution in [2.24, 2.45) is 5.92 Å². The van der Waals surface area contributed by atoms with E-state index in [0.717, 1.165) is 92.2 Å². The van der Waals surface area contributed by atoms with Crippen LogP contribution >= 0.6 is 0 Å². The first-order valence-electron chi connectivity index (χ1n) is 13.0. The number of pyridine rings is 1. The van der Waals surface area contributed by atoms with E-state index in [1.54, 1.807) is 0 Å². The summed E-state index contributed by atoms with van der Waals surface area (Å²) >= 11 is 0. The van der Waals surface area contributed by atoms with Crippen LogP contribution in [-0.4, -0.2) is 48.6 Å². The largest absolute Gasteiger partial charge is 0.492 e. The number of aryl methyl sites for hydroxylation is 1. The Balaban J connectivity index is 1.42. The Morgan fingerprint density at radius 3 is 2.37 bits per heavy atom. The fourth-order valence-electron chi connectivity index (χ4n) is 5.02. The van der Waals surface area contributed by atoms with Crippen molar-refractivity contribution in [2.75, 3.05) is 32.8 Å². The average Bonchev–Trinajstić information content (AvgIpc) is 2.93. The summed E-state index contributed by atoms with van der Waals surface area (Å²) in [5.41, 5.74) is 6.03. The summed E-state index contributed by atoms with van der Waals surface area (Å²) < 4.78 is 6.21. The summed E-state index contributed by atoms with van der Waals surface area (Å²) in [6, 6.07) is 18.6. The number of carbonyl (C=O) groups is 1. The van der Waals surface area contributed by atoms with E-state index in [2.05, 4.69) is 42.6 Å².